The predicted octanol–water partition coefficient (Wildman–Crippen LogP) is 0.820. The number of hydrogen-bond acceptors (Lipinski definition) is 9. The number of rotatable bonds is 5. The summed E-state index contributed by atoms with van der Waals surface area (Å²) in [7, 11) is -4.16. The number of carboxylic acid groups (broad SMARTS) is 1. The largest absolute Gasteiger partial charge is 0.504 e. The van der Waals surface area contributed by atoms with Crippen LogP contribution in [0, 0.1) is 0 Å². The second-order valence-corrected chi connectivity index (χ2v) is 10.3. The Morgan fingerprint density at radius 3 is 2.65 bits per heavy atom. The Morgan fingerprint density at radius 2 is 2.03 bits per heavy atom. The van der Waals surface area contributed by atoms with Gasteiger partial charge in [0.15, 0.2) is 33.2 Å². The molecule has 0 unspecified atom stereocenters. The highest BCUT2D eigenvalue weighted by Crippen LogP contribution is 2.51. The van der Waals surface area contributed by atoms with Gasteiger partial charge < -0.3 is 24.7 Å². The lowest BCUT2D eigenvalue weighted by Crippen LogP contribution is -2.57. The molecule has 3 N–H and O–H groups in total. The van der Waals surface area contributed by atoms with Crippen molar-refractivity contribution in [2.75, 3.05) is 0 Å². The van der Waals surface area contributed by atoms with Crippen molar-refractivity contribution in [1.82, 2.24) is 10.1 Å². The van der Waals surface area contributed by atoms with Crippen LogP contribution < -0.4 is 0 Å². The molecule has 2 fully saturated rings. The summed E-state index contributed by atoms with van der Waals surface area (Å²) in [5, 5.41) is 30.8. The van der Waals surface area contributed by atoms with Crippen LogP contribution >= 0.6 is 11.6 Å². The number of aromatic nitrogens is 1. The Labute approximate surface area is 179 Å². The minimum absolute atomic E-state index is 0.0789. The number of sulfone groups is 1. The van der Waals surface area contributed by atoms with Crippen LogP contribution in [0.3, 0.4) is 0 Å². The Morgan fingerprint density at radius 1 is 1.35 bits per heavy atom. The lowest BCUT2D eigenvalue weighted by atomic mass is 9.93. The van der Waals surface area contributed by atoms with Gasteiger partial charge in [-0.3, -0.25) is 9.59 Å². The molecule has 0 aliphatic carbocycles. The Bertz CT molecular complexity index is 1250. The van der Waals surface area contributed by atoms with E-state index < -0.39 is 61.6 Å². The third-order valence-corrected chi connectivity index (χ3v) is 8.84. The molecule has 31 heavy (non-hydrogen) atoms. The average Bonchev–Trinajstić information content (AvgIpc) is 3.20. The van der Waals surface area contributed by atoms with E-state index in [2.05, 4.69) is 5.16 Å². The van der Waals surface area contributed by atoms with Gasteiger partial charge in [-0.1, -0.05) is 16.8 Å². The van der Waals surface area contributed by atoms with E-state index >= 15 is 0 Å². The monoisotopic (exact) mass is 470 g/mol. The first-order valence-electron chi connectivity index (χ1n) is 8.88. The number of carbonyl (C=O) groups excluding carboxylic acids is 2. The van der Waals surface area contributed by atoms with Crippen LogP contribution in [0.2, 0.25) is 5.02 Å². The van der Waals surface area contributed by atoms with Crippen LogP contribution in [0.5, 0.6) is 11.5 Å². The molecule has 2 aliphatic rings. The zero-order valence-electron chi connectivity index (χ0n) is 15.8. The summed E-state index contributed by atoms with van der Waals surface area (Å²) in [6, 6.07) is 1.72. The molecule has 11 nitrogen and oxygen atoms in total. The molecule has 164 valence electrons. The number of aliphatic carboxylic acids is 1. The third-order valence-electron chi connectivity index (χ3n) is 5.73. The van der Waals surface area contributed by atoms with Gasteiger partial charge in [-0.05, 0) is 19.1 Å². The Hall–Kier alpha value is -3.12. The van der Waals surface area contributed by atoms with E-state index in [1.54, 1.807) is 0 Å². The number of fused-ring (bicyclic) bond motifs is 1. The number of aromatic hydroxyl groups is 2. The standard InChI is InChI=1S/C18H15ClN2O9S/c1-18(16(17(26)27)21-12(24)6-13(21)31(18,28)29)11-5-7(30-20-11)4-10(23)8-2-3-9(22)15(25)14(8)19/h2-3,5,13,16,22,25H,4,6H2,1H3,(H,26,27)/t13-,16+,18+/m1/s1. The van der Waals surface area contributed by atoms with Crippen LogP contribution in [-0.2, 0) is 30.6 Å². The number of Topliss-reactive ketones (excluding diaryl/α,β-unsaturated/α-hetero) is 1. The van der Waals surface area contributed by atoms with Gasteiger partial charge in [0.05, 0.1) is 17.9 Å². The number of carboxylic acids is 1. The fraction of sp³-hybridized carbons (Fsp3) is 0.333. The van der Waals surface area contributed by atoms with Gasteiger partial charge in [-0.25, -0.2) is 13.2 Å². The topological polar surface area (TPSA) is 175 Å². The number of carbonyl (C=O) groups is 3. The number of amides is 1. The van der Waals surface area contributed by atoms with Gasteiger partial charge in [-0.15, -0.1) is 0 Å². The lowest BCUT2D eigenvalue weighted by molar-refractivity contribution is -0.157. The van der Waals surface area contributed by atoms with Crippen molar-refractivity contribution in [3.05, 3.63) is 40.2 Å². The first-order chi connectivity index (χ1) is 14.4. The van der Waals surface area contributed by atoms with Crippen molar-refractivity contribution in [2.45, 2.75) is 35.9 Å². The highest BCUT2D eigenvalue weighted by Gasteiger charge is 2.71. The summed E-state index contributed by atoms with van der Waals surface area (Å²) < 4.78 is 29.1. The molecular formula is C18H15ClN2O9S. The zero-order chi connectivity index (χ0) is 22.9. The fourth-order valence-electron chi connectivity index (χ4n) is 3.97. The Kier molecular flexibility index (Phi) is 4.56. The van der Waals surface area contributed by atoms with Gasteiger partial charge >= 0.3 is 5.97 Å². The van der Waals surface area contributed by atoms with Crippen LogP contribution in [0.4, 0.5) is 0 Å². The molecule has 3 heterocycles. The van der Waals surface area contributed by atoms with Crippen LogP contribution in [0.25, 0.3) is 0 Å². The van der Waals surface area contributed by atoms with E-state index in [-0.39, 0.29) is 28.5 Å². The number of ketones is 1. The van der Waals surface area contributed by atoms with E-state index in [1.807, 2.05) is 0 Å². The maximum atomic E-state index is 13.0. The van der Waals surface area contributed by atoms with Crippen molar-refractivity contribution < 1.29 is 42.6 Å². The maximum Gasteiger partial charge on any atom is 0.328 e. The van der Waals surface area contributed by atoms with Crippen molar-refractivity contribution in [1.29, 1.82) is 0 Å². The van der Waals surface area contributed by atoms with Crippen LogP contribution in [0.15, 0.2) is 22.7 Å². The molecule has 13 heteroatoms. The molecule has 2 aromatic rings. The molecule has 0 radical (unpaired) electrons. The summed E-state index contributed by atoms with van der Waals surface area (Å²) >= 11 is 5.88. The molecule has 0 bridgehead atoms. The smallest absolute Gasteiger partial charge is 0.328 e. The summed E-state index contributed by atoms with van der Waals surface area (Å²) in [6.45, 7) is 1.16. The SMILES string of the molecule is C[C@]1(c2cc(CC(=O)c3ccc(O)c(O)c3Cl)on2)[C@H](C(=O)O)N2C(=O)C[C@H]2S1(=O)=O. The molecule has 3 atom stereocenters. The normalized spacial score (nSPS) is 26.4. The van der Waals surface area contributed by atoms with E-state index in [0.29, 0.717) is 0 Å². The second kappa shape index (κ2) is 6.69. The maximum absolute atomic E-state index is 13.0. The highest BCUT2D eigenvalue weighted by molar-refractivity contribution is 7.93. The number of halogens is 1. The summed E-state index contributed by atoms with van der Waals surface area (Å²) in [5.74, 6) is -3.99. The van der Waals surface area contributed by atoms with E-state index in [1.165, 1.54) is 6.07 Å². The second-order valence-electron chi connectivity index (χ2n) is 7.43. The van der Waals surface area contributed by atoms with E-state index in [9.17, 15) is 38.1 Å². The highest BCUT2D eigenvalue weighted by atomic mass is 35.5. The van der Waals surface area contributed by atoms with Gasteiger partial charge in [0.1, 0.15) is 21.6 Å². The van der Waals surface area contributed by atoms with Crippen molar-refractivity contribution in [3.8, 4) is 11.5 Å². The van der Waals surface area contributed by atoms with Crippen molar-refractivity contribution in [3.63, 3.8) is 0 Å². The number of benzene rings is 1. The summed E-state index contributed by atoms with van der Waals surface area (Å²) in [4.78, 5) is 37.1. The number of phenols is 2. The van der Waals surface area contributed by atoms with Gasteiger partial charge in [0.2, 0.25) is 5.91 Å². The molecule has 1 aromatic carbocycles. The molecule has 2 saturated heterocycles. The van der Waals surface area contributed by atoms with Gasteiger partial charge in [0.25, 0.3) is 0 Å². The Balaban J connectivity index is 1.68. The van der Waals surface area contributed by atoms with Gasteiger partial charge in [0, 0.05) is 11.6 Å². The zero-order valence-corrected chi connectivity index (χ0v) is 17.3. The first-order valence-corrected chi connectivity index (χ1v) is 10.8. The fourth-order valence-corrected chi connectivity index (χ4v) is 6.61. The van der Waals surface area contributed by atoms with Crippen molar-refractivity contribution >= 4 is 39.1 Å². The first kappa shape index (κ1) is 21.1. The lowest BCUT2D eigenvalue weighted by Gasteiger charge is -2.35. The molecule has 2 aliphatic heterocycles. The molecule has 1 aromatic heterocycles. The van der Waals surface area contributed by atoms with Crippen LogP contribution in [-0.4, -0.2) is 62.9 Å². The molecule has 0 spiro atoms. The van der Waals surface area contributed by atoms with E-state index in [4.69, 9.17) is 16.1 Å². The number of hydrogen-bond donors (Lipinski definition) is 3. The molecule has 0 saturated carbocycles. The molecule has 1 amide bonds. The quantitative estimate of drug-likeness (QED) is 0.322. The summed E-state index contributed by atoms with van der Waals surface area (Å²) in [6.07, 6.45) is -0.745. The van der Waals surface area contributed by atoms with Crippen molar-refractivity contribution in [2.24, 2.45) is 0 Å². The predicted molar refractivity (Wildman–Crippen MR) is 102 cm³/mol. The molecular weight excluding hydrogens is 456 g/mol. The van der Waals surface area contributed by atoms with Gasteiger partial charge in [-0.2, -0.15) is 0 Å². The third kappa shape index (κ3) is 2.74. The van der Waals surface area contributed by atoms with Crippen LogP contribution in [0.1, 0.15) is 35.2 Å². The number of phenolic OH excluding ortho intramolecular Hbond substituents is 2. The van der Waals surface area contributed by atoms with E-state index in [0.717, 1.165) is 24.0 Å². The number of β-lactam (4-membered cyclic amide) rings is 1. The summed E-state index contributed by atoms with van der Waals surface area (Å²) in [5.41, 5.74) is -0.364. The minimum Gasteiger partial charge on any atom is -0.504 e. The molecule has 4 rings (SSSR count). The average molecular weight is 471 g/mol. The minimum atomic E-state index is -4.16. The number of nitrogens with zero attached hydrogens (tertiary/aromatic N) is 2.